The van der Waals surface area contributed by atoms with Gasteiger partial charge in [0.05, 0.1) is 22.4 Å². The van der Waals surface area contributed by atoms with E-state index in [1.165, 1.54) is 19.3 Å². The molecule has 1 aliphatic heterocycles. The fourth-order valence-corrected chi connectivity index (χ4v) is 6.92. The van der Waals surface area contributed by atoms with Gasteiger partial charge in [-0.15, -0.1) is 0 Å². The molecule has 2 amide bonds. The van der Waals surface area contributed by atoms with E-state index in [1.807, 2.05) is 43.4 Å². The Kier molecular flexibility index (Phi) is 5.36. The molecule has 206 valence electrons. The van der Waals surface area contributed by atoms with Crippen molar-refractivity contribution >= 4 is 33.9 Å². The van der Waals surface area contributed by atoms with Gasteiger partial charge in [-0.25, -0.2) is 9.97 Å². The molecule has 5 aromatic rings. The van der Waals surface area contributed by atoms with Crippen LogP contribution in [0, 0.1) is 11.8 Å². The van der Waals surface area contributed by atoms with E-state index in [-0.39, 0.29) is 5.91 Å². The van der Waals surface area contributed by atoms with Gasteiger partial charge in [0, 0.05) is 48.3 Å². The molecule has 3 fully saturated rings. The standard InChI is InChI=1S/C33H32N6O2/c1-37-28-13-10-24(33(41)38-18-20-4-11-25(38)14-20)15-27(28)36-32(37)29-16-23-9-12-26(21-5-7-22(8-6-21)30(34)40)35-31(23)39(29)17-19-2-3-19/h5-10,12-13,15-16,19-20,25H,2-4,11,14,17-18H2,1H3,(H2,34,40). The van der Waals surface area contributed by atoms with E-state index in [1.54, 1.807) is 12.1 Å². The lowest BCUT2D eigenvalue weighted by molar-refractivity contribution is 0.0703. The molecule has 8 nitrogen and oxygen atoms in total. The number of pyridine rings is 1. The van der Waals surface area contributed by atoms with Crippen molar-refractivity contribution in [1.29, 1.82) is 0 Å². The molecular formula is C33H32N6O2. The van der Waals surface area contributed by atoms with E-state index < -0.39 is 5.91 Å². The average molecular weight is 545 g/mol. The first-order chi connectivity index (χ1) is 19.9. The number of nitrogens with zero attached hydrogens (tertiary/aromatic N) is 5. The van der Waals surface area contributed by atoms with Crippen LogP contribution in [0.3, 0.4) is 0 Å². The molecule has 0 spiro atoms. The average Bonchev–Trinajstić information content (AvgIpc) is 3.28. The summed E-state index contributed by atoms with van der Waals surface area (Å²) in [7, 11) is 2.05. The molecule has 2 bridgehead atoms. The summed E-state index contributed by atoms with van der Waals surface area (Å²) in [6, 6.07) is 19.9. The molecule has 2 atom stereocenters. The summed E-state index contributed by atoms with van der Waals surface area (Å²) >= 11 is 0. The van der Waals surface area contributed by atoms with E-state index in [0.717, 1.165) is 76.3 Å². The Morgan fingerprint density at radius 2 is 1.73 bits per heavy atom. The highest BCUT2D eigenvalue weighted by molar-refractivity contribution is 5.98. The second kappa shape index (κ2) is 9.03. The quantitative estimate of drug-likeness (QED) is 0.310. The van der Waals surface area contributed by atoms with Crippen LogP contribution in [-0.4, -0.2) is 48.4 Å². The summed E-state index contributed by atoms with van der Waals surface area (Å²) in [5, 5.41) is 1.06. The SMILES string of the molecule is Cn1c(-c2cc3ccc(-c4ccc(C(N)=O)cc4)nc3n2CC2CC2)nc2cc(C(=O)N3CC4CCC3C4)ccc21. The normalized spacial score (nSPS) is 20.0. The molecule has 3 aromatic heterocycles. The minimum atomic E-state index is -0.440. The predicted molar refractivity (Wildman–Crippen MR) is 158 cm³/mol. The number of likely N-dealkylation sites (tertiary alicyclic amines) is 1. The van der Waals surface area contributed by atoms with Crippen LogP contribution in [0.15, 0.2) is 60.7 Å². The van der Waals surface area contributed by atoms with Crippen LogP contribution in [-0.2, 0) is 13.6 Å². The van der Waals surface area contributed by atoms with Crippen molar-refractivity contribution in [2.45, 2.75) is 44.7 Å². The van der Waals surface area contributed by atoms with E-state index >= 15 is 0 Å². The number of rotatable bonds is 6. The molecule has 1 saturated heterocycles. The molecule has 2 saturated carbocycles. The summed E-state index contributed by atoms with van der Waals surface area (Å²) < 4.78 is 4.44. The minimum Gasteiger partial charge on any atom is -0.366 e. The van der Waals surface area contributed by atoms with Crippen LogP contribution in [0.1, 0.15) is 52.8 Å². The zero-order valence-electron chi connectivity index (χ0n) is 23.1. The lowest BCUT2D eigenvalue weighted by atomic mass is 10.1. The molecule has 2 aromatic carbocycles. The Labute approximate surface area is 237 Å². The van der Waals surface area contributed by atoms with Gasteiger partial charge in [-0.3, -0.25) is 9.59 Å². The fraction of sp³-hybridized carbons (Fsp3) is 0.333. The molecule has 2 aliphatic carbocycles. The summed E-state index contributed by atoms with van der Waals surface area (Å²) in [6.07, 6.45) is 5.98. The number of piperidine rings is 1. The monoisotopic (exact) mass is 544 g/mol. The third-order valence-electron chi connectivity index (χ3n) is 9.37. The first kappa shape index (κ1) is 24.3. The molecule has 3 aliphatic rings. The predicted octanol–water partition coefficient (Wildman–Crippen LogP) is 5.39. The van der Waals surface area contributed by atoms with Crippen molar-refractivity contribution in [2.24, 2.45) is 24.6 Å². The summed E-state index contributed by atoms with van der Waals surface area (Å²) in [6.45, 7) is 1.78. The van der Waals surface area contributed by atoms with E-state index in [0.29, 0.717) is 23.4 Å². The Morgan fingerprint density at radius 3 is 2.44 bits per heavy atom. The number of imidazole rings is 1. The van der Waals surface area contributed by atoms with Gasteiger partial charge in [0.25, 0.3) is 5.91 Å². The number of hydrogen-bond acceptors (Lipinski definition) is 4. The Hall–Kier alpha value is -4.46. The molecule has 2 N–H and O–H groups in total. The first-order valence-electron chi connectivity index (χ1n) is 14.6. The molecule has 4 heterocycles. The number of hydrogen-bond donors (Lipinski definition) is 1. The van der Waals surface area contributed by atoms with Crippen molar-refractivity contribution < 1.29 is 9.59 Å². The number of amides is 2. The maximum Gasteiger partial charge on any atom is 0.254 e. The molecule has 2 unspecified atom stereocenters. The number of aromatic nitrogens is 4. The number of benzene rings is 2. The Balaban J connectivity index is 1.19. The zero-order valence-corrected chi connectivity index (χ0v) is 23.1. The second-order valence-corrected chi connectivity index (χ2v) is 12.1. The fourth-order valence-electron chi connectivity index (χ4n) is 6.92. The van der Waals surface area contributed by atoms with Gasteiger partial charge in [-0.05, 0) is 92.5 Å². The van der Waals surface area contributed by atoms with Gasteiger partial charge in [0.2, 0.25) is 5.91 Å². The van der Waals surface area contributed by atoms with Crippen LogP contribution in [0.2, 0.25) is 0 Å². The molecule has 0 radical (unpaired) electrons. The molecule has 8 heteroatoms. The molecule has 8 rings (SSSR count). The van der Waals surface area contributed by atoms with Crippen molar-refractivity contribution in [3.05, 3.63) is 71.8 Å². The van der Waals surface area contributed by atoms with Crippen molar-refractivity contribution in [1.82, 2.24) is 24.0 Å². The zero-order chi connectivity index (χ0) is 27.8. The summed E-state index contributed by atoms with van der Waals surface area (Å²) in [4.78, 5) is 37.2. The maximum absolute atomic E-state index is 13.4. The number of primary amides is 1. The first-order valence-corrected chi connectivity index (χ1v) is 14.6. The highest BCUT2D eigenvalue weighted by Gasteiger charge is 2.40. The molecular weight excluding hydrogens is 512 g/mol. The number of carbonyl (C=O) groups excluding carboxylic acids is 2. The smallest absolute Gasteiger partial charge is 0.254 e. The van der Waals surface area contributed by atoms with Crippen LogP contribution in [0.4, 0.5) is 0 Å². The highest BCUT2D eigenvalue weighted by atomic mass is 16.2. The number of carbonyl (C=O) groups is 2. The van der Waals surface area contributed by atoms with Crippen molar-refractivity contribution in [2.75, 3.05) is 6.54 Å². The van der Waals surface area contributed by atoms with Crippen LogP contribution < -0.4 is 5.73 Å². The second-order valence-electron chi connectivity index (χ2n) is 12.1. The Bertz CT molecular complexity index is 1860. The number of aryl methyl sites for hydroxylation is 1. The largest absolute Gasteiger partial charge is 0.366 e. The van der Waals surface area contributed by atoms with Gasteiger partial charge < -0.3 is 19.8 Å². The van der Waals surface area contributed by atoms with Crippen molar-refractivity contribution in [3.8, 4) is 22.8 Å². The third-order valence-corrected chi connectivity index (χ3v) is 9.37. The van der Waals surface area contributed by atoms with E-state index in [4.69, 9.17) is 15.7 Å². The van der Waals surface area contributed by atoms with Gasteiger partial charge in [0.15, 0.2) is 5.82 Å². The van der Waals surface area contributed by atoms with E-state index in [9.17, 15) is 9.59 Å². The number of fused-ring (bicyclic) bond motifs is 4. The van der Waals surface area contributed by atoms with Gasteiger partial charge >= 0.3 is 0 Å². The van der Waals surface area contributed by atoms with Gasteiger partial charge in [-0.1, -0.05) is 12.1 Å². The minimum absolute atomic E-state index is 0.134. The van der Waals surface area contributed by atoms with Gasteiger partial charge in [-0.2, -0.15) is 0 Å². The summed E-state index contributed by atoms with van der Waals surface area (Å²) in [5.74, 6) is 1.88. The van der Waals surface area contributed by atoms with E-state index in [2.05, 4.69) is 26.2 Å². The van der Waals surface area contributed by atoms with Crippen LogP contribution >= 0.6 is 0 Å². The lowest BCUT2D eigenvalue weighted by Crippen LogP contribution is -2.37. The maximum atomic E-state index is 13.4. The van der Waals surface area contributed by atoms with Crippen molar-refractivity contribution in [3.63, 3.8) is 0 Å². The topological polar surface area (TPSA) is 99.0 Å². The lowest BCUT2D eigenvalue weighted by Gasteiger charge is -2.27. The number of nitrogens with two attached hydrogens (primary N) is 1. The van der Waals surface area contributed by atoms with Crippen LogP contribution in [0.25, 0.3) is 44.8 Å². The summed E-state index contributed by atoms with van der Waals surface area (Å²) in [5.41, 5.74) is 12.2. The Morgan fingerprint density at radius 1 is 0.927 bits per heavy atom. The van der Waals surface area contributed by atoms with Gasteiger partial charge in [0.1, 0.15) is 5.65 Å². The van der Waals surface area contributed by atoms with Crippen LogP contribution in [0.5, 0.6) is 0 Å². The highest BCUT2D eigenvalue weighted by Crippen LogP contribution is 2.39. The third kappa shape index (κ3) is 4.04. The molecule has 41 heavy (non-hydrogen) atoms.